The number of nitriles is 1. The van der Waals surface area contributed by atoms with Crippen LogP contribution >= 0.6 is 0 Å². The maximum absolute atomic E-state index is 13.0. The lowest BCUT2D eigenvalue weighted by molar-refractivity contribution is -0.139. The number of esters is 1. The van der Waals surface area contributed by atoms with E-state index in [1.54, 1.807) is 31.2 Å². The standard InChI is InChI=1S/C23H19F3N2O4/c1-3-31-22(29)19-18(13-4-8-15(9-5-13)23(24,25)26)17(12-27)21(28)32-20(19)14-6-10-16(30-2)11-7-14/h4-11,18H,3,28H2,1-2H3. The topological polar surface area (TPSA) is 94.6 Å². The minimum absolute atomic E-state index is 0.0393. The second-order valence-electron chi connectivity index (χ2n) is 6.74. The molecule has 0 bridgehead atoms. The number of allylic oxidation sites excluding steroid dienone is 1. The molecule has 0 spiro atoms. The van der Waals surface area contributed by atoms with Crippen LogP contribution in [0.4, 0.5) is 13.2 Å². The van der Waals surface area contributed by atoms with Crippen molar-refractivity contribution in [2.45, 2.75) is 19.0 Å². The number of benzene rings is 2. The van der Waals surface area contributed by atoms with E-state index in [1.807, 2.05) is 6.07 Å². The molecule has 0 fully saturated rings. The van der Waals surface area contributed by atoms with Crippen LogP contribution in [0.3, 0.4) is 0 Å². The Morgan fingerprint density at radius 2 is 1.78 bits per heavy atom. The lowest BCUT2D eigenvalue weighted by atomic mass is 9.81. The summed E-state index contributed by atoms with van der Waals surface area (Å²) in [7, 11) is 1.50. The number of hydrogen-bond acceptors (Lipinski definition) is 6. The monoisotopic (exact) mass is 444 g/mol. The molecule has 166 valence electrons. The maximum atomic E-state index is 13.0. The van der Waals surface area contributed by atoms with Gasteiger partial charge in [-0.25, -0.2) is 4.79 Å². The summed E-state index contributed by atoms with van der Waals surface area (Å²) in [6, 6.07) is 12.6. The van der Waals surface area contributed by atoms with Crippen molar-refractivity contribution in [3.05, 3.63) is 82.3 Å². The van der Waals surface area contributed by atoms with Crippen molar-refractivity contribution in [3.63, 3.8) is 0 Å². The first-order valence-electron chi connectivity index (χ1n) is 9.51. The third-order valence-electron chi connectivity index (χ3n) is 4.84. The van der Waals surface area contributed by atoms with Crippen LogP contribution in [0.15, 0.2) is 65.6 Å². The molecule has 0 amide bonds. The quantitative estimate of drug-likeness (QED) is 0.683. The van der Waals surface area contributed by atoms with E-state index in [1.165, 1.54) is 19.2 Å². The number of halogens is 3. The van der Waals surface area contributed by atoms with Gasteiger partial charge in [0, 0.05) is 5.56 Å². The van der Waals surface area contributed by atoms with E-state index in [2.05, 4.69) is 0 Å². The number of carbonyl (C=O) groups is 1. The van der Waals surface area contributed by atoms with Crippen molar-refractivity contribution in [1.82, 2.24) is 0 Å². The molecule has 32 heavy (non-hydrogen) atoms. The van der Waals surface area contributed by atoms with Crippen LogP contribution in [0, 0.1) is 11.3 Å². The van der Waals surface area contributed by atoms with Crippen molar-refractivity contribution >= 4 is 11.7 Å². The Kier molecular flexibility index (Phi) is 6.44. The molecule has 1 atom stereocenters. The highest BCUT2D eigenvalue weighted by molar-refractivity contribution is 5.99. The summed E-state index contributed by atoms with van der Waals surface area (Å²) in [6.07, 6.45) is -4.53. The molecule has 0 aromatic heterocycles. The van der Waals surface area contributed by atoms with Gasteiger partial charge in [0.15, 0.2) is 0 Å². The molecule has 0 radical (unpaired) electrons. The predicted molar refractivity (Wildman–Crippen MR) is 109 cm³/mol. The smallest absolute Gasteiger partial charge is 0.416 e. The van der Waals surface area contributed by atoms with E-state index in [4.69, 9.17) is 19.9 Å². The van der Waals surface area contributed by atoms with Crippen LogP contribution < -0.4 is 10.5 Å². The summed E-state index contributed by atoms with van der Waals surface area (Å²) in [5.41, 5.74) is 5.68. The summed E-state index contributed by atoms with van der Waals surface area (Å²) >= 11 is 0. The summed E-state index contributed by atoms with van der Waals surface area (Å²) in [5, 5.41) is 9.69. The lowest BCUT2D eigenvalue weighted by Crippen LogP contribution is -2.26. The molecule has 0 aliphatic carbocycles. The highest BCUT2D eigenvalue weighted by Gasteiger charge is 2.39. The molecule has 6 nitrogen and oxygen atoms in total. The molecule has 0 saturated heterocycles. The summed E-state index contributed by atoms with van der Waals surface area (Å²) < 4.78 is 55.0. The second-order valence-corrected chi connectivity index (χ2v) is 6.74. The van der Waals surface area contributed by atoms with Gasteiger partial charge in [0.25, 0.3) is 0 Å². The van der Waals surface area contributed by atoms with Gasteiger partial charge in [-0.05, 0) is 48.9 Å². The van der Waals surface area contributed by atoms with Crippen molar-refractivity contribution in [2.24, 2.45) is 5.73 Å². The van der Waals surface area contributed by atoms with Gasteiger partial charge < -0.3 is 19.9 Å². The van der Waals surface area contributed by atoms with Gasteiger partial charge in [-0.1, -0.05) is 12.1 Å². The van der Waals surface area contributed by atoms with E-state index in [-0.39, 0.29) is 35.0 Å². The van der Waals surface area contributed by atoms with Gasteiger partial charge in [0.05, 0.1) is 30.8 Å². The Bertz CT molecular complexity index is 1110. The molecule has 2 N–H and O–H groups in total. The predicted octanol–water partition coefficient (Wildman–Crippen LogP) is 4.50. The Labute approximate surface area is 182 Å². The second kappa shape index (κ2) is 9.06. The van der Waals surface area contributed by atoms with Crippen LogP contribution in [-0.4, -0.2) is 19.7 Å². The van der Waals surface area contributed by atoms with E-state index < -0.39 is 23.6 Å². The van der Waals surface area contributed by atoms with E-state index in [0.717, 1.165) is 12.1 Å². The summed E-state index contributed by atoms with van der Waals surface area (Å²) in [4.78, 5) is 12.9. The maximum Gasteiger partial charge on any atom is 0.416 e. The molecule has 1 aliphatic rings. The molecule has 3 rings (SSSR count). The Morgan fingerprint density at radius 3 is 2.28 bits per heavy atom. The van der Waals surface area contributed by atoms with Crippen molar-refractivity contribution < 1.29 is 32.2 Å². The number of alkyl halides is 3. The van der Waals surface area contributed by atoms with Crippen LogP contribution in [0.5, 0.6) is 5.75 Å². The molecule has 9 heteroatoms. The number of rotatable bonds is 5. The number of nitrogens with two attached hydrogens (primary N) is 1. The van der Waals surface area contributed by atoms with Crippen molar-refractivity contribution in [3.8, 4) is 11.8 Å². The summed E-state index contributed by atoms with van der Waals surface area (Å²) in [6.45, 7) is 1.65. The van der Waals surface area contributed by atoms with Gasteiger partial charge in [-0.2, -0.15) is 18.4 Å². The number of hydrogen-bond donors (Lipinski definition) is 1. The highest BCUT2D eigenvalue weighted by Crippen LogP contribution is 2.43. The first-order chi connectivity index (χ1) is 15.2. The van der Waals surface area contributed by atoms with E-state index in [0.29, 0.717) is 11.3 Å². The average molecular weight is 444 g/mol. The Morgan fingerprint density at radius 1 is 1.16 bits per heavy atom. The van der Waals surface area contributed by atoms with Crippen LogP contribution in [0.2, 0.25) is 0 Å². The fraction of sp³-hybridized carbons (Fsp3) is 0.217. The lowest BCUT2D eigenvalue weighted by Gasteiger charge is -2.28. The zero-order valence-electron chi connectivity index (χ0n) is 17.2. The molecule has 2 aromatic carbocycles. The third kappa shape index (κ3) is 4.39. The molecule has 1 unspecified atom stereocenters. The molecule has 1 heterocycles. The minimum Gasteiger partial charge on any atom is -0.497 e. The van der Waals surface area contributed by atoms with Crippen LogP contribution in [0.25, 0.3) is 5.76 Å². The third-order valence-corrected chi connectivity index (χ3v) is 4.84. The molecule has 2 aromatic rings. The Balaban J connectivity index is 2.22. The summed E-state index contributed by atoms with van der Waals surface area (Å²) in [5.74, 6) is -1.50. The zero-order chi connectivity index (χ0) is 23.5. The fourth-order valence-corrected chi connectivity index (χ4v) is 3.33. The van der Waals surface area contributed by atoms with E-state index in [9.17, 15) is 23.2 Å². The van der Waals surface area contributed by atoms with Crippen molar-refractivity contribution in [2.75, 3.05) is 13.7 Å². The number of ether oxygens (including phenoxy) is 3. The first kappa shape index (κ1) is 22.7. The van der Waals surface area contributed by atoms with Crippen LogP contribution in [-0.2, 0) is 20.4 Å². The Hall–Kier alpha value is -3.93. The van der Waals surface area contributed by atoms with Crippen molar-refractivity contribution in [1.29, 1.82) is 5.26 Å². The largest absolute Gasteiger partial charge is 0.497 e. The number of methoxy groups -OCH3 is 1. The van der Waals surface area contributed by atoms with Gasteiger partial charge in [-0.15, -0.1) is 0 Å². The molecular weight excluding hydrogens is 425 g/mol. The molecular formula is C23H19F3N2O4. The number of nitrogens with zero attached hydrogens (tertiary/aromatic N) is 1. The number of carbonyl (C=O) groups excluding carboxylic acids is 1. The van der Waals surface area contributed by atoms with Crippen LogP contribution in [0.1, 0.15) is 29.5 Å². The zero-order valence-corrected chi connectivity index (χ0v) is 17.2. The average Bonchev–Trinajstić information content (AvgIpc) is 2.78. The normalized spacial score (nSPS) is 16.3. The molecule has 1 aliphatic heterocycles. The van der Waals surface area contributed by atoms with Gasteiger partial charge >= 0.3 is 12.1 Å². The van der Waals surface area contributed by atoms with Gasteiger partial charge in [0.2, 0.25) is 5.88 Å². The fourth-order valence-electron chi connectivity index (χ4n) is 3.33. The van der Waals surface area contributed by atoms with Gasteiger partial charge in [0.1, 0.15) is 23.2 Å². The SMILES string of the molecule is CCOC(=O)C1=C(c2ccc(OC)cc2)OC(N)=C(C#N)C1c1ccc(C(F)(F)F)cc1. The van der Waals surface area contributed by atoms with E-state index >= 15 is 0 Å². The highest BCUT2D eigenvalue weighted by atomic mass is 19.4. The minimum atomic E-state index is -4.53. The molecule has 0 saturated carbocycles. The van der Waals surface area contributed by atoms with Gasteiger partial charge in [-0.3, -0.25) is 0 Å². The first-order valence-corrected chi connectivity index (χ1v) is 9.51.